The molecule has 5 amide bonds. The Hall–Kier alpha value is -7.46. The van der Waals surface area contributed by atoms with Gasteiger partial charge in [-0.2, -0.15) is 20.2 Å². The van der Waals surface area contributed by atoms with E-state index in [-0.39, 0.29) is 56.5 Å². The van der Waals surface area contributed by atoms with E-state index in [1.165, 1.54) is 44.3 Å². The summed E-state index contributed by atoms with van der Waals surface area (Å²) in [5, 5.41) is 39.2. The third kappa shape index (κ3) is 20.9. The van der Waals surface area contributed by atoms with E-state index < -0.39 is 12.0 Å². The van der Waals surface area contributed by atoms with Crippen LogP contribution in [0.15, 0.2) is 94.5 Å². The van der Waals surface area contributed by atoms with Crippen molar-refractivity contribution < 1.29 is 38.2 Å². The molecular weight excluding hydrogens is 1110 g/mol. The zero-order valence-electron chi connectivity index (χ0n) is 38.9. The Morgan fingerprint density at radius 1 is 0.703 bits per heavy atom. The first-order valence-corrected chi connectivity index (χ1v) is 25.8. The molecule has 6 rings (SSSR count). The maximum atomic E-state index is 11.6. The molecule has 6 aromatic rings. The first-order chi connectivity index (χ1) is 34.8. The molecule has 3 aromatic carbocycles. The second-order valence-electron chi connectivity index (χ2n) is 13.6. The van der Waals surface area contributed by atoms with Crippen LogP contribution in [-0.2, 0) is 25.9 Å². The van der Waals surface area contributed by atoms with Gasteiger partial charge >= 0.3 is 6.09 Å². The van der Waals surface area contributed by atoms with Crippen molar-refractivity contribution in [2.45, 2.75) is 44.7 Å². The third-order valence-electron chi connectivity index (χ3n) is 8.24. The number of primary amides is 1. The van der Waals surface area contributed by atoms with Gasteiger partial charge in [-0.15, -0.1) is 11.8 Å². The smallest absolute Gasteiger partial charge is 0.417 e. The van der Waals surface area contributed by atoms with E-state index in [4.69, 9.17) is 72.9 Å². The Labute approximate surface area is 462 Å². The monoisotopic (exact) mass is 1150 g/mol. The fraction of sp³-hybridized carbons (Fsp3) is 0.174. The van der Waals surface area contributed by atoms with Crippen LogP contribution in [0.25, 0.3) is 0 Å². The van der Waals surface area contributed by atoms with Crippen LogP contribution in [0.2, 0.25) is 0 Å². The van der Waals surface area contributed by atoms with Crippen LogP contribution in [0, 0.1) is 43.3 Å². The molecule has 3 heterocycles. The van der Waals surface area contributed by atoms with Crippen LogP contribution >= 0.6 is 94.8 Å². The van der Waals surface area contributed by atoms with Crippen molar-refractivity contribution in [3.05, 3.63) is 127 Å². The van der Waals surface area contributed by atoms with Crippen molar-refractivity contribution in [1.82, 2.24) is 18.4 Å². The van der Waals surface area contributed by atoms with E-state index in [0.717, 1.165) is 57.2 Å². The molecule has 0 fully saturated rings. The van der Waals surface area contributed by atoms with Gasteiger partial charge in [0.15, 0.2) is 0 Å². The van der Waals surface area contributed by atoms with Gasteiger partial charge in [-0.25, -0.2) is 4.79 Å². The maximum Gasteiger partial charge on any atom is 0.417 e. The largest absolute Gasteiger partial charge is 0.497 e. The van der Waals surface area contributed by atoms with Crippen molar-refractivity contribution >= 4 is 144 Å². The van der Waals surface area contributed by atoms with Gasteiger partial charge in [-0.1, -0.05) is 98.3 Å². The fourth-order valence-electron chi connectivity index (χ4n) is 4.97. The number of nitrogens with two attached hydrogens (primary N) is 2. The van der Waals surface area contributed by atoms with Crippen molar-refractivity contribution in [3.63, 3.8) is 0 Å². The predicted molar refractivity (Wildman–Crippen MR) is 301 cm³/mol. The number of amides is 5. The highest BCUT2D eigenvalue weighted by molar-refractivity contribution is 8.02. The third-order valence-corrected chi connectivity index (χ3v) is 14.0. The van der Waals surface area contributed by atoms with Crippen LogP contribution in [0.1, 0.15) is 60.8 Å². The van der Waals surface area contributed by atoms with Gasteiger partial charge in [0.1, 0.15) is 92.0 Å². The zero-order chi connectivity index (χ0) is 54.0. The van der Waals surface area contributed by atoms with Crippen molar-refractivity contribution in [3.8, 4) is 35.5 Å². The van der Waals surface area contributed by atoms with Crippen LogP contribution in [0.5, 0.6) is 17.2 Å². The average Bonchev–Trinajstić information content (AvgIpc) is 4.04. The number of methoxy groups -OCH3 is 2. The van der Waals surface area contributed by atoms with E-state index in [2.05, 4.69) is 40.5 Å². The molecule has 0 unspecified atom stereocenters. The number of thiocarbonyl (C=S) groups is 1. The Balaban J connectivity index is 0.000000341. The van der Waals surface area contributed by atoms with Crippen LogP contribution in [0.4, 0.5) is 19.8 Å². The Kier molecular flexibility index (Phi) is 27.6. The molecule has 74 heavy (non-hydrogen) atoms. The molecule has 386 valence electrons. The summed E-state index contributed by atoms with van der Waals surface area (Å²) in [6, 6.07) is 29.8. The van der Waals surface area contributed by atoms with Crippen molar-refractivity contribution in [2.24, 2.45) is 11.5 Å². The molecule has 0 aliphatic heterocycles. The highest BCUT2D eigenvalue weighted by Crippen LogP contribution is 2.33. The van der Waals surface area contributed by atoms with E-state index in [1.807, 2.05) is 66.7 Å². The molecule has 28 heteroatoms. The minimum atomic E-state index is -0.664. The van der Waals surface area contributed by atoms with Crippen LogP contribution in [-0.4, -0.2) is 62.1 Å². The number of anilines is 3. The molecule has 0 aliphatic carbocycles. The summed E-state index contributed by atoms with van der Waals surface area (Å²) in [4.78, 5) is 55.2. The molecular formula is C46H46N12O8S8. The topological polar surface area (TPSA) is 329 Å². The summed E-state index contributed by atoms with van der Waals surface area (Å²) in [6.07, 6.45) is -0.664. The van der Waals surface area contributed by atoms with Crippen molar-refractivity contribution in [1.29, 1.82) is 15.8 Å². The normalized spacial score (nSPS) is 9.97. The summed E-state index contributed by atoms with van der Waals surface area (Å²) in [6.45, 7) is 4.07. The number of thioether (sulfide) groups is 2. The van der Waals surface area contributed by atoms with Crippen LogP contribution < -0.4 is 46.9 Å². The number of carbonyl (C=O) groups excluding carboxylic acids is 5. The fourth-order valence-corrected chi connectivity index (χ4v) is 10.2. The summed E-state index contributed by atoms with van der Waals surface area (Å²) in [5.74, 6) is 1.83. The Morgan fingerprint density at radius 2 is 1.23 bits per heavy atom. The number of para-hydroxylation sites is 1. The number of aromatic nitrogens is 3. The number of nitrogens with zero attached hydrogens (tertiary/aromatic N) is 4. The molecule has 10 N–H and O–H groups in total. The van der Waals surface area contributed by atoms with Gasteiger partial charge in [0, 0.05) is 32.3 Å². The second-order valence-corrected chi connectivity index (χ2v) is 19.2. The number of aromatic amines is 2. The Bertz CT molecular complexity index is 3180. The lowest BCUT2D eigenvalue weighted by Crippen LogP contribution is -2.28. The number of hydrogen-bond donors (Lipinski definition) is 8. The standard InChI is InChI=1S/C14H13N3O2S2.C14H15N3O2S2.C11H7N3O2S2.C6H7N3O2S2.CH4/c1-9(18)16-13-12(7-15)14(17-21-13)20-8-10-3-5-11(19-2)6-4-10;1-9(18)17-14(20)12(7-15)13(16)21-8-10-3-5-11(19-2)6-4-10;12-6-8-9(17)14-18-10(8)13-11(15)16-7-4-2-1-3-5-7;1-2(10)8-6-3(4(7)11)5(12)9-13-6;/h3-6H,8H2,1-2H3,(H,16,18);3-6H,8,16H2,1-2H3,(H,17,18,20);1-5H,(H,13,15)(H,14,17);1H3,(H2,7,11)(H,8,10)(H,9,12);1H4. The number of ether oxygens (including phenoxy) is 3. The summed E-state index contributed by atoms with van der Waals surface area (Å²) in [5.41, 5.74) is 14.0. The van der Waals surface area contributed by atoms with Gasteiger partial charge in [0.25, 0.3) is 5.91 Å². The molecule has 3 aromatic heterocycles. The van der Waals surface area contributed by atoms with Crippen LogP contribution in [0.3, 0.4) is 0 Å². The minimum Gasteiger partial charge on any atom is -0.497 e. The number of rotatable bonds is 14. The first-order valence-electron chi connectivity index (χ1n) is 20.2. The summed E-state index contributed by atoms with van der Waals surface area (Å²) >= 11 is 20.7. The molecule has 0 radical (unpaired) electrons. The average molecular weight is 1150 g/mol. The molecule has 0 bridgehead atoms. The van der Waals surface area contributed by atoms with Crippen molar-refractivity contribution in [2.75, 3.05) is 30.2 Å². The van der Waals surface area contributed by atoms with Gasteiger partial charge in [-0.3, -0.25) is 33.2 Å². The maximum absolute atomic E-state index is 11.6. The molecule has 0 saturated heterocycles. The van der Waals surface area contributed by atoms with Gasteiger partial charge in [0.2, 0.25) is 17.7 Å². The highest BCUT2D eigenvalue weighted by Gasteiger charge is 2.17. The molecule has 20 nitrogen and oxygen atoms in total. The second kappa shape index (κ2) is 32.6. The summed E-state index contributed by atoms with van der Waals surface area (Å²) in [7, 11) is 3.23. The lowest BCUT2D eigenvalue weighted by atomic mass is 10.2. The quantitative estimate of drug-likeness (QED) is 0.0217. The number of hydrogen-bond acceptors (Lipinski definition) is 21. The van der Waals surface area contributed by atoms with E-state index in [0.29, 0.717) is 47.5 Å². The molecule has 0 spiro atoms. The SMILES string of the molecule is C.CC(=O)Nc1s[nH]c(=S)c1C(N)=O.COc1ccc(CSC(N)=C(C#N)C(=S)NC(C)=O)cc1.COc1ccc(CSc2nsc(NC(C)=O)c2C#N)cc1.N#Cc1c(NC(=O)Oc2ccccc2)s[nH]c1=S. The first kappa shape index (κ1) is 62.7. The highest BCUT2D eigenvalue weighted by atomic mass is 32.2. The number of H-pyrrole nitrogens is 2. The number of nitrogens with one attached hydrogen (secondary N) is 6. The molecule has 0 atom stereocenters. The molecule has 0 aliphatic rings. The minimum absolute atomic E-state index is 0. The lowest BCUT2D eigenvalue weighted by Gasteiger charge is -2.07. The molecule has 0 saturated carbocycles. The zero-order valence-corrected chi connectivity index (χ0v) is 45.4. The predicted octanol–water partition coefficient (Wildman–Crippen LogP) is 10.1. The van der Waals surface area contributed by atoms with Gasteiger partial charge in [0.05, 0.1) is 19.2 Å². The van der Waals surface area contributed by atoms with Gasteiger partial charge in [-0.05, 0) is 82.1 Å². The Morgan fingerprint density at radius 3 is 1.73 bits per heavy atom. The van der Waals surface area contributed by atoms with Gasteiger partial charge < -0.3 is 41.6 Å². The van der Waals surface area contributed by atoms with E-state index >= 15 is 0 Å². The number of benzene rings is 3. The number of carbonyl (C=O) groups is 5. The summed E-state index contributed by atoms with van der Waals surface area (Å²) < 4.78 is 25.4. The number of nitriles is 3. The van der Waals surface area contributed by atoms with E-state index in [1.54, 1.807) is 38.5 Å². The lowest BCUT2D eigenvalue weighted by molar-refractivity contribution is -0.117. The van der Waals surface area contributed by atoms with E-state index in [9.17, 15) is 29.2 Å².